The number of halogens is 2. The number of hydrogen-bond acceptors (Lipinski definition) is 4. The molecule has 3 rings (SSSR count). The molecular formula is C14H10F2N2O3. The molecule has 0 radical (unpaired) electrons. The second kappa shape index (κ2) is 4.93. The molecule has 5 nitrogen and oxygen atoms in total. The monoisotopic (exact) mass is 292 g/mol. The van der Waals surface area contributed by atoms with Crippen LogP contribution in [0.2, 0.25) is 0 Å². The van der Waals surface area contributed by atoms with E-state index in [9.17, 15) is 13.6 Å². The van der Waals surface area contributed by atoms with Crippen molar-refractivity contribution in [2.24, 2.45) is 0 Å². The van der Waals surface area contributed by atoms with Crippen molar-refractivity contribution >= 4 is 17.3 Å². The first-order chi connectivity index (χ1) is 10.0. The van der Waals surface area contributed by atoms with E-state index in [1.807, 2.05) is 0 Å². The van der Waals surface area contributed by atoms with E-state index in [1.165, 1.54) is 12.1 Å². The largest absolute Gasteiger partial charge is 0.454 e. The van der Waals surface area contributed by atoms with E-state index in [0.717, 1.165) is 6.07 Å². The van der Waals surface area contributed by atoms with Gasteiger partial charge in [0.25, 0.3) is 5.91 Å². The smallest absolute Gasteiger partial charge is 0.255 e. The van der Waals surface area contributed by atoms with E-state index in [0.29, 0.717) is 17.6 Å². The Balaban J connectivity index is 1.85. The Morgan fingerprint density at radius 3 is 2.67 bits per heavy atom. The van der Waals surface area contributed by atoms with E-state index >= 15 is 0 Å². The molecule has 1 aliphatic heterocycles. The van der Waals surface area contributed by atoms with Crippen LogP contribution in [-0.2, 0) is 0 Å². The van der Waals surface area contributed by atoms with Crippen molar-refractivity contribution in [3.8, 4) is 11.5 Å². The van der Waals surface area contributed by atoms with Gasteiger partial charge >= 0.3 is 0 Å². The number of carbonyl (C=O) groups excluding carboxylic acids is 1. The maximum Gasteiger partial charge on any atom is 0.255 e. The first kappa shape index (κ1) is 13.2. The van der Waals surface area contributed by atoms with E-state index in [4.69, 9.17) is 15.2 Å². The maximum absolute atomic E-state index is 13.6. The molecule has 0 saturated carbocycles. The van der Waals surface area contributed by atoms with E-state index in [-0.39, 0.29) is 23.7 Å². The molecule has 0 bridgehead atoms. The minimum absolute atomic E-state index is 0.0868. The predicted octanol–water partition coefficient (Wildman–Crippen LogP) is 2.53. The number of rotatable bonds is 2. The Bertz CT molecular complexity index is 734. The van der Waals surface area contributed by atoms with Gasteiger partial charge in [-0.1, -0.05) is 0 Å². The minimum atomic E-state index is -0.907. The highest BCUT2D eigenvalue weighted by atomic mass is 19.1. The average Bonchev–Trinajstić information content (AvgIpc) is 2.92. The summed E-state index contributed by atoms with van der Waals surface area (Å²) >= 11 is 0. The molecule has 1 aliphatic rings. The van der Waals surface area contributed by atoms with Crippen molar-refractivity contribution in [1.82, 2.24) is 0 Å². The van der Waals surface area contributed by atoms with Gasteiger partial charge < -0.3 is 20.5 Å². The lowest BCUT2D eigenvalue weighted by Crippen LogP contribution is -2.13. The molecule has 3 N–H and O–H groups in total. The zero-order valence-corrected chi connectivity index (χ0v) is 10.7. The van der Waals surface area contributed by atoms with Crippen LogP contribution in [0, 0.1) is 11.6 Å². The summed E-state index contributed by atoms with van der Waals surface area (Å²) in [4.78, 5) is 12.1. The van der Waals surface area contributed by atoms with Gasteiger partial charge in [0.2, 0.25) is 6.79 Å². The highest BCUT2D eigenvalue weighted by Crippen LogP contribution is 2.32. The molecule has 0 unspecified atom stereocenters. The van der Waals surface area contributed by atoms with Gasteiger partial charge in [0.1, 0.15) is 11.6 Å². The standard InChI is InChI=1S/C14H10F2N2O3/c15-8-4-9(16)11(5-10(8)17)18-14(19)7-1-2-12-13(3-7)21-6-20-12/h1-5H,6,17H2,(H,18,19). The number of benzene rings is 2. The van der Waals surface area contributed by atoms with Crippen molar-refractivity contribution in [2.75, 3.05) is 17.8 Å². The highest BCUT2D eigenvalue weighted by Gasteiger charge is 2.17. The maximum atomic E-state index is 13.6. The van der Waals surface area contributed by atoms with Gasteiger partial charge in [-0.25, -0.2) is 8.78 Å². The van der Waals surface area contributed by atoms with Gasteiger partial charge in [0.05, 0.1) is 11.4 Å². The number of carbonyl (C=O) groups is 1. The van der Waals surface area contributed by atoms with Gasteiger partial charge in [-0.3, -0.25) is 4.79 Å². The average molecular weight is 292 g/mol. The number of anilines is 2. The molecule has 0 spiro atoms. The zero-order valence-electron chi connectivity index (χ0n) is 10.7. The summed E-state index contributed by atoms with van der Waals surface area (Å²) in [5.41, 5.74) is 5.15. The fourth-order valence-electron chi connectivity index (χ4n) is 1.89. The molecule has 2 aromatic carbocycles. The second-order valence-electron chi connectivity index (χ2n) is 4.38. The predicted molar refractivity (Wildman–Crippen MR) is 71.3 cm³/mol. The van der Waals surface area contributed by atoms with Gasteiger partial charge in [0.15, 0.2) is 11.5 Å². The fourth-order valence-corrected chi connectivity index (χ4v) is 1.89. The van der Waals surface area contributed by atoms with E-state index in [2.05, 4.69) is 5.32 Å². The molecule has 1 heterocycles. The molecule has 0 atom stereocenters. The number of amides is 1. The number of ether oxygens (including phenoxy) is 2. The van der Waals surface area contributed by atoms with Crippen molar-refractivity contribution in [2.45, 2.75) is 0 Å². The number of nitrogens with two attached hydrogens (primary N) is 1. The van der Waals surface area contributed by atoms with Crippen LogP contribution in [0.25, 0.3) is 0 Å². The Hall–Kier alpha value is -2.83. The molecule has 0 aliphatic carbocycles. The Labute approximate surface area is 118 Å². The summed E-state index contributed by atoms with van der Waals surface area (Å²) < 4.78 is 36.9. The second-order valence-corrected chi connectivity index (χ2v) is 4.38. The van der Waals surface area contributed by atoms with Crippen LogP contribution in [0.4, 0.5) is 20.2 Å². The molecule has 1 amide bonds. The van der Waals surface area contributed by atoms with Gasteiger partial charge in [-0.05, 0) is 24.3 Å². The third kappa shape index (κ3) is 2.45. The summed E-state index contributed by atoms with van der Waals surface area (Å²) in [5.74, 6) is -1.40. The molecule has 0 fully saturated rings. The Kier molecular flexibility index (Phi) is 3.09. The third-order valence-corrected chi connectivity index (χ3v) is 2.97. The normalized spacial score (nSPS) is 12.3. The molecular weight excluding hydrogens is 282 g/mol. The quantitative estimate of drug-likeness (QED) is 0.834. The van der Waals surface area contributed by atoms with Gasteiger partial charge in [-0.15, -0.1) is 0 Å². The third-order valence-electron chi connectivity index (χ3n) is 2.97. The summed E-state index contributed by atoms with van der Waals surface area (Å²) in [6.45, 7) is 0.0868. The molecule has 0 saturated heterocycles. The summed E-state index contributed by atoms with van der Waals surface area (Å²) in [5, 5.41) is 2.33. The summed E-state index contributed by atoms with van der Waals surface area (Å²) in [6, 6.07) is 6.20. The molecule has 2 aromatic rings. The van der Waals surface area contributed by atoms with Crippen LogP contribution in [0.15, 0.2) is 30.3 Å². The van der Waals surface area contributed by atoms with Crippen molar-refractivity contribution in [3.63, 3.8) is 0 Å². The highest BCUT2D eigenvalue weighted by molar-refractivity contribution is 6.05. The van der Waals surface area contributed by atoms with E-state index in [1.54, 1.807) is 6.07 Å². The number of hydrogen-bond donors (Lipinski definition) is 2. The Morgan fingerprint density at radius 1 is 1.10 bits per heavy atom. The number of nitrogen functional groups attached to an aromatic ring is 1. The van der Waals surface area contributed by atoms with Crippen LogP contribution in [-0.4, -0.2) is 12.7 Å². The van der Waals surface area contributed by atoms with Crippen molar-refractivity contribution in [1.29, 1.82) is 0 Å². The van der Waals surface area contributed by atoms with Crippen LogP contribution < -0.4 is 20.5 Å². The lowest BCUT2D eigenvalue weighted by molar-refractivity contribution is 0.102. The summed E-state index contributed by atoms with van der Waals surface area (Å²) in [7, 11) is 0. The lowest BCUT2D eigenvalue weighted by atomic mass is 10.1. The van der Waals surface area contributed by atoms with E-state index < -0.39 is 17.5 Å². The summed E-state index contributed by atoms with van der Waals surface area (Å²) in [6.07, 6.45) is 0. The molecule has 108 valence electrons. The van der Waals surface area contributed by atoms with Crippen LogP contribution in [0.3, 0.4) is 0 Å². The number of fused-ring (bicyclic) bond motifs is 1. The van der Waals surface area contributed by atoms with Crippen LogP contribution in [0.5, 0.6) is 11.5 Å². The lowest BCUT2D eigenvalue weighted by Gasteiger charge is -2.08. The number of nitrogens with one attached hydrogen (secondary N) is 1. The molecule has 21 heavy (non-hydrogen) atoms. The zero-order chi connectivity index (χ0) is 15.0. The molecule has 7 heteroatoms. The minimum Gasteiger partial charge on any atom is -0.454 e. The van der Waals surface area contributed by atoms with Gasteiger partial charge in [0, 0.05) is 11.6 Å². The first-order valence-electron chi connectivity index (χ1n) is 6.00. The SMILES string of the molecule is Nc1cc(NC(=O)c2ccc3c(c2)OCO3)c(F)cc1F. The van der Waals surface area contributed by atoms with Gasteiger partial charge in [-0.2, -0.15) is 0 Å². The fraction of sp³-hybridized carbons (Fsp3) is 0.0714. The van der Waals surface area contributed by atoms with Crippen molar-refractivity contribution in [3.05, 3.63) is 47.5 Å². The van der Waals surface area contributed by atoms with Crippen LogP contribution in [0.1, 0.15) is 10.4 Å². The van der Waals surface area contributed by atoms with Crippen molar-refractivity contribution < 1.29 is 23.0 Å². The van der Waals surface area contributed by atoms with Crippen LogP contribution >= 0.6 is 0 Å². The first-order valence-corrected chi connectivity index (χ1v) is 6.00. The topological polar surface area (TPSA) is 73.6 Å². The Morgan fingerprint density at radius 2 is 1.86 bits per heavy atom. The molecule has 0 aromatic heterocycles.